The second-order valence-electron chi connectivity index (χ2n) is 4.08. The molecule has 0 amide bonds. The fourth-order valence-corrected chi connectivity index (χ4v) is 3.98. The van der Waals surface area contributed by atoms with E-state index in [1.54, 1.807) is 0 Å². The fourth-order valence-electron chi connectivity index (χ4n) is 1.95. The Kier molecular flexibility index (Phi) is 3.47. The number of hydrogen-bond donors (Lipinski definition) is 0. The van der Waals surface area contributed by atoms with E-state index in [0.29, 0.717) is 0 Å². The van der Waals surface area contributed by atoms with E-state index in [9.17, 15) is 27.3 Å². The van der Waals surface area contributed by atoms with E-state index in [-0.39, 0.29) is 17.9 Å². The molecule has 1 saturated heterocycles. The van der Waals surface area contributed by atoms with Crippen molar-refractivity contribution < 1.29 is 22.1 Å². The van der Waals surface area contributed by atoms with Crippen molar-refractivity contribution in [2.75, 3.05) is 11.5 Å². The highest BCUT2D eigenvalue weighted by molar-refractivity contribution is 7.91. The molecule has 0 saturated carbocycles. The van der Waals surface area contributed by atoms with E-state index in [2.05, 4.69) is 5.10 Å². The van der Waals surface area contributed by atoms with Crippen molar-refractivity contribution in [2.24, 2.45) is 0 Å². The predicted octanol–water partition coefficient (Wildman–Crippen LogP) is 1.74. The Hall–Kier alpha value is -1.29. The summed E-state index contributed by atoms with van der Waals surface area (Å²) in [4.78, 5) is 9.67. The van der Waals surface area contributed by atoms with Crippen molar-refractivity contribution in [3.63, 3.8) is 0 Å². The second-order valence-corrected chi connectivity index (χ2v) is 6.67. The SMILES string of the molecule is O=[N+]([O-])c1c(C(F)F)nn(C2CCS(=O)(=O)C2)c1Cl. The van der Waals surface area contributed by atoms with Gasteiger partial charge in [-0.3, -0.25) is 10.1 Å². The standard InChI is InChI=1S/C8H8ClF2N3O4S/c9-7-6(14(15)16)5(8(10)11)12-13(7)4-1-2-19(17,18)3-4/h4,8H,1-3H2. The molecule has 11 heteroatoms. The van der Waals surface area contributed by atoms with Gasteiger partial charge in [-0.15, -0.1) is 0 Å². The highest BCUT2D eigenvalue weighted by Gasteiger charge is 2.37. The van der Waals surface area contributed by atoms with Gasteiger partial charge in [-0.1, -0.05) is 11.6 Å². The minimum Gasteiger partial charge on any atom is -0.258 e. The van der Waals surface area contributed by atoms with Crippen LogP contribution in [0.25, 0.3) is 0 Å². The molecule has 0 aliphatic carbocycles. The topological polar surface area (TPSA) is 95.1 Å². The zero-order valence-electron chi connectivity index (χ0n) is 9.29. The quantitative estimate of drug-likeness (QED) is 0.625. The molecule has 0 radical (unpaired) electrons. The van der Waals surface area contributed by atoms with Gasteiger partial charge in [0.2, 0.25) is 10.8 Å². The molecule has 0 bridgehead atoms. The van der Waals surface area contributed by atoms with Crippen LogP contribution in [0.3, 0.4) is 0 Å². The first-order valence-electron chi connectivity index (χ1n) is 5.14. The Morgan fingerprint density at radius 1 is 1.53 bits per heavy atom. The molecule has 0 spiro atoms. The van der Waals surface area contributed by atoms with Crippen molar-refractivity contribution >= 4 is 27.1 Å². The van der Waals surface area contributed by atoms with Gasteiger partial charge in [0.15, 0.2) is 9.84 Å². The van der Waals surface area contributed by atoms with Gasteiger partial charge in [-0.05, 0) is 6.42 Å². The molecular weight excluding hydrogens is 308 g/mol. The van der Waals surface area contributed by atoms with E-state index in [1.807, 2.05) is 0 Å². The maximum absolute atomic E-state index is 12.7. The summed E-state index contributed by atoms with van der Waals surface area (Å²) in [5.41, 5.74) is -2.01. The minimum absolute atomic E-state index is 0.119. The van der Waals surface area contributed by atoms with E-state index < -0.39 is 43.8 Å². The Balaban J connectivity index is 2.48. The van der Waals surface area contributed by atoms with Crippen molar-refractivity contribution in [3.8, 4) is 0 Å². The third-order valence-electron chi connectivity index (χ3n) is 2.80. The molecule has 7 nitrogen and oxygen atoms in total. The van der Waals surface area contributed by atoms with Crippen molar-refractivity contribution in [1.29, 1.82) is 0 Å². The highest BCUT2D eigenvalue weighted by Crippen LogP contribution is 2.37. The lowest BCUT2D eigenvalue weighted by Gasteiger charge is -2.08. The van der Waals surface area contributed by atoms with E-state index >= 15 is 0 Å². The molecule has 1 aliphatic heterocycles. The van der Waals surface area contributed by atoms with Gasteiger partial charge in [-0.25, -0.2) is 21.9 Å². The third-order valence-corrected chi connectivity index (χ3v) is 4.90. The summed E-state index contributed by atoms with van der Waals surface area (Å²) in [6.07, 6.45) is -3.01. The maximum Gasteiger partial charge on any atom is 0.335 e. The summed E-state index contributed by atoms with van der Waals surface area (Å²) in [7, 11) is -3.28. The Morgan fingerprint density at radius 3 is 2.53 bits per heavy atom. The van der Waals surface area contributed by atoms with Gasteiger partial charge < -0.3 is 0 Å². The van der Waals surface area contributed by atoms with Crippen molar-refractivity contribution in [2.45, 2.75) is 18.9 Å². The summed E-state index contributed by atoms with van der Waals surface area (Å²) < 4.78 is 48.8. The summed E-state index contributed by atoms with van der Waals surface area (Å²) in [6.45, 7) is 0. The second kappa shape index (κ2) is 4.67. The van der Waals surface area contributed by atoms with Crippen LogP contribution in [0.5, 0.6) is 0 Å². The maximum atomic E-state index is 12.7. The summed E-state index contributed by atoms with van der Waals surface area (Å²) in [5.74, 6) is -0.431. The zero-order valence-corrected chi connectivity index (χ0v) is 10.9. The van der Waals surface area contributed by atoms with Crippen LogP contribution < -0.4 is 0 Å². The normalized spacial score (nSPS) is 22.0. The third kappa shape index (κ3) is 2.54. The smallest absolute Gasteiger partial charge is 0.258 e. The molecule has 106 valence electrons. The van der Waals surface area contributed by atoms with E-state index in [4.69, 9.17) is 11.6 Å². The van der Waals surface area contributed by atoms with Gasteiger partial charge in [0, 0.05) is 0 Å². The monoisotopic (exact) mass is 315 g/mol. The molecule has 0 aromatic carbocycles. The molecule has 1 fully saturated rings. The molecule has 1 aliphatic rings. The van der Waals surface area contributed by atoms with Crippen molar-refractivity contribution in [3.05, 3.63) is 21.0 Å². The van der Waals surface area contributed by atoms with Crippen molar-refractivity contribution in [1.82, 2.24) is 9.78 Å². The number of nitro groups is 1. The number of halogens is 3. The molecular formula is C8H8ClF2N3O4S. The van der Waals surface area contributed by atoms with Gasteiger partial charge >= 0.3 is 5.69 Å². The van der Waals surface area contributed by atoms with Crippen LogP contribution in [0.1, 0.15) is 24.6 Å². The van der Waals surface area contributed by atoms with Crippen LogP contribution in [0.15, 0.2) is 0 Å². The summed E-state index contributed by atoms with van der Waals surface area (Å²) in [5, 5.41) is 13.6. The van der Waals surface area contributed by atoms with Crippen LogP contribution in [0.4, 0.5) is 14.5 Å². The Bertz CT molecular complexity index is 630. The molecule has 2 rings (SSSR count). The Morgan fingerprint density at radius 2 is 2.16 bits per heavy atom. The number of hydrogen-bond acceptors (Lipinski definition) is 5. The lowest BCUT2D eigenvalue weighted by atomic mass is 10.3. The zero-order chi connectivity index (χ0) is 14.4. The molecule has 0 N–H and O–H groups in total. The first-order valence-corrected chi connectivity index (χ1v) is 7.33. The number of aromatic nitrogens is 2. The largest absolute Gasteiger partial charge is 0.335 e. The van der Waals surface area contributed by atoms with Gasteiger partial charge in [0.1, 0.15) is 0 Å². The van der Waals surface area contributed by atoms with Crippen LogP contribution in [0, 0.1) is 10.1 Å². The minimum atomic E-state index is -3.28. The lowest BCUT2D eigenvalue weighted by Crippen LogP contribution is -2.12. The van der Waals surface area contributed by atoms with Crippen LogP contribution in [-0.2, 0) is 9.84 Å². The van der Waals surface area contributed by atoms with Gasteiger partial charge in [0.25, 0.3) is 6.43 Å². The van der Waals surface area contributed by atoms with Gasteiger partial charge in [-0.2, -0.15) is 5.10 Å². The summed E-state index contributed by atoms with van der Waals surface area (Å²) >= 11 is 5.67. The Labute approximate surface area is 111 Å². The summed E-state index contributed by atoms with van der Waals surface area (Å²) in [6, 6.07) is -0.747. The molecule has 19 heavy (non-hydrogen) atoms. The number of sulfone groups is 1. The first-order chi connectivity index (χ1) is 8.73. The number of rotatable bonds is 3. The molecule has 1 aromatic rings. The van der Waals surface area contributed by atoms with E-state index in [0.717, 1.165) is 4.68 Å². The average molecular weight is 316 g/mol. The van der Waals surface area contributed by atoms with Crippen LogP contribution in [0.2, 0.25) is 5.15 Å². The van der Waals surface area contributed by atoms with E-state index in [1.165, 1.54) is 0 Å². The number of alkyl halides is 2. The van der Waals surface area contributed by atoms with Crippen LogP contribution >= 0.6 is 11.6 Å². The van der Waals surface area contributed by atoms with Crippen LogP contribution in [-0.4, -0.2) is 34.6 Å². The lowest BCUT2D eigenvalue weighted by molar-refractivity contribution is -0.386. The molecule has 2 heterocycles. The fraction of sp³-hybridized carbons (Fsp3) is 0.625. The predicted molar refractivity (Wildman–Crippen MR) is 61.2 cm³/mol. The molecule has 1 unspecified atom stereocenters. The first kappa shape index (κ1) is 14.1. The molecule has 1 atom stereocenters. The van der Waals surface area contributed by atoms with Gasteiger partial charge in [0.05, 0.1) is 22.5 Å². The molecule has 1 aromatic heterocycles. The average Bonchev–Trinajstić information content (AvgIpc) is 2.78. The highest BCUT2D eigenvalue weighted by atomic mass is 35.5. The number of nitrogens with zero attached hydrogens (tertiary/aromatic N) is 3.